The Balaban J connectivity index is 1.08. The monoisotopic (exact) mass is 488 g/mol. The molecule has 5 aliphatic rings. The molecule has 3 saturated carbocycles. The van der Waals surface area contributed by atoms with Crippen LogP contribution >= 0.6 is 23.2 Å². The first-order valence-electron chi connectivity index (χ1n) is 11.0. The number of nitrogens with zero attached hydrogens (tertiary/aromatic N) is 1. The van der Waals surface area contributed by atoms with E-state index in [0.29, 0.717) is 47.2 Å². The van der Waals surface area contributed by atoms with Gasteiger partial charge in [-0.05, 0) is 55.2 Å². The Kier molecular flexibility index (Phi) is 4.64. The van der Waals surface area contributed by atoms with E-state index in [0.717, 1.165) is 5.56 Å². The molecule has 1 saturated heterocycles. The van der Waals surface area contributed by atoms with Gasteiger partial charge in [0, 0.05) is 27.6 Å². The van der Waals surface area contributed by atoms with E-state index in [2.05, 4.69) is 5.32 Å². The second kappa shape index (κ2) is 7.26. The molecular weight excluding hydrogens is 467 g/mol. The van der Waals surface area contributed by atoms with Gasteiger partial charge in [-0.2, -0.15) is 0 Å². The number of nitrogens with one attached hydrogen (secondary N) is 1. The lowest BCUT2D eigenvalue weighted by atomic mass is 9.43. The lowest BCUT2D eigenvalue weighted by Gasteiger charge is -2.72. The molecule has 2 aliphatic heterocycles. The number of carbonyl (C=O) groups excluding carboxylic acids is 2. The van der Waals surface area contributed by atoms with Crippen molar-refractivity contribution in [1.29, 1.82) is 0 Å². The maximum Gasteiger partial charge on any atom is 0.411 e. The largest absolute Gasteiger partial charge is 0.480 e. The van der Waals surface area contributed by atoms with Gasteiger partial charge in [-0.3, -0.25) is 9.69 Å². The zero-order chi connectivity index (χ0) is 23.0. The summed E-state index contributed by atoms with van der Waals surface area (Å²) in [5.41, 5.74) is 0.921. The number of aliphatic hydroxyl groups is 1. The Hall–Kier alpha value is -2.48. The van der Waals surface area contributed by atoms with Crippen molar-refractivity contribution in [1.82, 2.24) is 10.2 Å². The first-order valence-corrected chi connectivity index (χ1v) is 11.7. The van der Waals surface area contributed by atoms with Crippen molar-refractivity contribution in [2.45, 2.75) is 55.1 Å². The smallest absolute Gasteiger partial charge is 0.411 e. The molecule has 3 atom stereocenters. The summed E-state index contributed by atoms with van der Waals surface area (Å²) >= 11 is 12.0. The number of hydrogen-bond donors (Lipinski definition) is 2. The maximum absolute atomic E-state index is 12.9. The number of amides is 2. The Morgan fingerprint density at radius 1 is 1.06 bits per heavy atom. The van der Waals surface area contributed by atoms with E-state index in [-0.39, 0.29) is 35.6 Å². The molecule has 172 valence electrons. The van der Waals surface area contributed by atoms with E-state index in [1.807, 2.05) is 12.1 Å². The topological polar surface area (TPSA) is 88.1 Å². The highest BCUT2D eigenvalue weighted by atomic mass is 35.5. The Labute approximate surface area is 200 Å². The lowest BCUT2D eigenvalue weighted by molar-refractivity contribution is -0.170. The van der Waals surface area contributed by atoms with Crippen LogP contribution in [0.1, 0.15) is 49.0 Å². The van der Waals surface area contributed by atoms with Crippen molar-refractivity contribution >= 4 is 35.2 Å². The zero-order valence-corrected chi connectivity index (χ0v) is 19.1. The van der Waals surface area contributed by atoms with Crippen molar-refractivity contribution in [3.05, 3.63) is 63.6 Å². The SMILES string of the molecule is O=C(NC12CC(N3CC(c4ccc(Cl)cc4)OC3=O)(C1)C2)[C@H]1C[C@@H](O)c2cc(Cl)ccc2O1. The average Bonchev–Trinajstić information content (AvgIpc) is 3.11. The van der Waals surface area contributed by atoms with Crippen molar-refractivity contribution in [3.63, 3.8) is 0 Å². The zero-order valence-electron chi connectivity index (χ0n) is 17.6. The molecule has 2 heterocycles. The van der Waals surface area contributed by atoms with Gasteiger partial charge in [-0.1, -0.05) is 35.3 Å². The maximum atomic E-state index is 12.9. The highest BCUT2D eigenvalue weighted by Crippen LogP contribution is 2.64. The predicted molar refractivity (Wildman–Crippen MR) is 120 cm³/mol. The van der Waals surface area contributed by atoms with Crippen molar-refractivity contribution < 1.29 is 24.2 Å². The van der Waals surface area contributed by atoms with Gasteiger partial charge in [-0.15, -0.1) is 0 Å². The number of halogens is 2. The van der Waals surface area contributed by atoms with E-state index in [9.17, 15) is 14.7 Å². The molecule has 7 rings (SSSR count). The minimum absolute atomic E-state index is 0.168. The van der Waals surface area contributed by atoms with Crippen LogP contribution in [0.4, 0.5) is 4.79 Å². The van der Waals surface area contributed by atoms with Crippen molar-refractivity contribution in [3.8, 4) is 5.75 Å². The highest BCUT2D eigenvalue weighted by molar-refractivity contribution is 6.30. The molecule has 1 unspecified atom stereocenters. The lowest BCUT2D eigenvalue weighted by Crippen LogP contribution is -2.84. The molecule has 0 spiro atoms. The van der Waals surface area contributed by atoms with Crippen LogP contribution < -0.4 is 10.1 Å². The second-order valence-corrected chi connectivity index (χ2v) is 10.5. The minimum Gasteiger partial charge on any atom is -0.480 e. The molecule has 2 N–H and O–H groups in total. The summed E-state index contributed by atoms with van der Waals surface area (Å²) in [6.45, 7) is 0.488. The summed E-state index contributed by atoms with van der Waals surface area (Å²) in [5.74, 6) is 0.228. The van der Waals surface area contributed by atoms with Crippen molar-refractivity contribution in [2.24, 2.45) is 0 Å². The minimum atomic E-state index is -0.813. The molecule has 3 aliphatic carbocycles. The number of ether oxygens (including phenoxy) is 2. The van der Waals surface area contributed by atoms with Crippen LogP contribution in [0.5, 0.6) is 5.75 Å². The van der Waals surface area contributed by atoms with Crippen LogP contribution in [0.2, 0.25) is 10.0 Å². The summed E-state index contributed by atoms with van der Waals surface area (Å²) in [4.78, 5) is 27.3. The van der Waals surface area contributed by atoms with Gasteiger partial charge in [-0.25, -0.2) is 4.79 Å². The van der Waals surface area contributed by atoms with Crippen LogP contribution in [-0.2, 0) is 9.53 Å². The standard InChI is InChI=1S/C24H22Cl2N2O5/c25-14-3-1-13(2-4-14)20-9-28(22(31)33-20)24-10-23(11-24,12-24)27-21(30)19-8-17(29)16-7-15(26)5-6-18(16)32-19/h1-7,17,19-20,29H,8-12H2,(H,27,30)/t17-,19-,20?,23?,24?/m1/s1. The molecule has 4 fully saturated rings. The number of fused-ring (bicyclic) bond motifs is 1. The molecule has 7 nitrogen and oxygen atoms in total. The third kappa shape index (κ3) is 3.36. The molecule has 2 amide bonds. The van der Waals surface area contributed by atoms with Gasteiger partial charge in [0.1, 0.15) is 11.9 Å². The molecular formula is C24H22Cl2N2O5. The van der Waals surface area contributed by atoms with Gasteiger partial charge in [0.15, 0.2) is 6.10 Å². The van der Waals surface area contributed by atoms with E-state index in [1.54, 1.807) is 35.2 Å². The highest BCUT2D eigenvalue weighted by Gasteiger charge is 2.73. The van der Waals surface area contributed by atoms with Gasteiger partial charge < -0.3 is 19.9 Å². The number of carbonyl (C=O) groups is 2. The average molecular weight is 489 g/mol. The number of cyclic esters (lactones) is 1. The predicted octanol–water partition coefficient (Wildman–Crippen LogP) is 4.16. The van der Waals surface area contributed by atoms with Crippen LogP contribution in [0.3, 0.4) is 0 Å². The number of aliphatic hydroxyl groups excluding tert-OH is 1. The van der Waals surface area contributed by atoms with Gasteiger partial charge >= 0.3 is 6.09 Å². The third-order valence-corrected chi connectivity index (χ3v) is 7.83. The molecule has 0 aromatic heterocycles. The fraction of sp³-hybridized carbons (Fsp3) is 0.417. The van der Waals surface area contributed by atoms with Gasteiger partial charge in [0.25, 0.3) is 5.91 Å². The molecule has 33 heavy (non-hydrogen) atoms. The Morgan fingerprint density at radius 3 is 2.48 bits per heavy atom. The molecule has 2 aromatic carbocycles. The summed E-state index contributed by atoms with van der Waals surface area (Å²) in [7, 11) is 0. The van der Waals surface area contributed by atoms with E-state index in [4.69, 9.17) is 32.7 Å². The quantitative estimate of drug-likeness (QED) is 0.674. The number of rotatable bonds is 4. The van der Waals surface area contributed by atoms with Gasteiger partial charge in [0.05, 0.1) is 18.2 Å². The Morgan fingerprint density at radius 2 is 1.76 bits per heavy atom. The summed E-state index contributed by atoms with van der Waals surface area (Å²) in [6.07, 6.45) is 0.0165. The summed E-state index contributed by atoms with van der Waals surface area (Å²) < 4.78 is 11.4. The summed E-state index contributed by atoms with van der Waals surface area (Å²) in [6, 6.07) is 12.3. The fourth-order valence-electron chi connectivity index (χ4n) is 5.77. The second-order valence-electron chi connectivity index (χ2n) is 9.60. The van der Waals surface area contributed by atoms with Crippen molar-refractivity contribution in [2.75, 3.05) is 6.54 Å². The number of benzene rings is 2. The third-order valence-electron chi connectivity index (χ3n) is 7.35. The van der Waals surface area contributed by atoms with Crippen LogP contribution in [0.25, 0.3) is 0 Å². The molecule has 0 radical (unpaired) electrons. The first kappa shape index (κ1) is 21.1. The number of hydrogen-bond acceptors (Lipinski definition) is 5. The first-order chi connectivity index (χ1) is 15.8. The summed E-state index contributed by atoms with van der Waals surface area (Å²) in [5, 5.41) is 14.7. The Bertz CT molecular complexity index is 1130. The van der Waals surface area contributed by atoms with Gasteiger partial charge in [0.2, 0.25) is 0 Å². The molecule has 9 heteroatoms. The molecule has 2 aromatic rings. The van der Waals surface area contributed by atoms with E-state index >= 15 is 0 Å². The molecule has 2 bridgehead atoms. The normalized spacial score (nSPS) is 33.8. The van der Waals surface area contributed by atoms with Crippen LogP contribution in [0.15, 0.2) is 42.5 Å². The van der Waals surface area contributed by atoms with E-state index < -0.39 is 12.2 Å². The fourth-order valence-corrected chi connectivity index (χ4v) is 6.08. The van der Waals surface area contributed by atoms with Crippen LogP contribution in [0, 0.1) is 0 Å². The van der Waals surface area contributed by atoms with Crippen LogP contribution in [-0.4, -0.2) is 45.7 Å². The van der Waals surface area contributed by atoms with E-state index in [1.165, 1.54) is 0 Å².